The van der Waals surface area contributed by atoms with Crippen molar-refractivity contribution >= 4 is 5.91 Å². The Morgan fingerprint density at radius 3 is 2.74 bits per heavy atom. The fraction of sp³-hybridized carbons (Fsp3) is 0.933. The summed E-state index contributed by atoms with van der Waals surface area (Å²) < 4.78 is 5.49. The zero-order chi connectivity index (χ0) is 13.8. The number of hydrogen-bond donors (Lipinski definition) is 0. The van der Waals surface area contributed by atoms with E-state index in [1.54, 1.807) is 0 Å². The van der Waals surface area contributed by atoms with Crippen LogP contribution in [0.2, 0.25) is 0 Å². The number of carbonyl (C=O) groups excluding carboxylic acids is 1. The van der Waals surface area contributed by atoms with E-state index in [1.165, 1.54) is 19.3 Å². The monoisotopic (exact) mass is 268 g/mol. The minimum Gasteiger partial charge on any atom is -0.375 e. The van der Waals surface area contributed by atoms with E-state index < -0.39 is 0 Å². The first-order chi connectivity index (χ1) is 9.06. The van der Waals surface area contributed by atoms with Crippen molar-refractivity contribution in [1.82, 2.24) is 9.80 Å². The van der Waals surface area contributed by atoms with Gasteiger partial charge in [-0.2, -0.15) is 0 Å². The maximum atomic E-state index is 12.4. The predicted molar refractivity (Wildman–Crippen MR) is 76.0 cm³/mol. The van der Waals surface area contributed by atoms with Crippen molar-refractivity contribution in [3.8, 4) is 0 Å². The molecule has 0 aromatic heterocycles. The van der Waals surface area contributed by atoms with Crippen molar-refractivity contribution < 1.29 is 9.53 Å². The summed E-state index contributed by atoms with van der Waals surface area (Å²) in [5.41, 5.74) is 0. The Labute approximate surface area is 117 Å². The highest BCUT2D eigenvalue weighted by Crippen LogP contribution is 2.27. The molecule has 110 valence electrons. The minimum absolute atomic E-state index is 0.183. The standard InChI is InChI=1S/C15H28N2O2/c1-12(2)6-7-16(14-4-5-14)11-15(18)17-8-9-19-13(3)10-17/h12-14H,4-11H2,1-3H3/t13-/m0/s1. The highest BCUT2D eigenvalue weighted by molar-refractivity contribution is 5.78. The molecule has 0 spiro atoms. The van der Waals surface area contributed by atoms with Gasteiger partial charge in [0.05, 0.1) is 19.3 Å². The van der Waals surface area contributed by atoms with E-state index in [9.17, 15) is 4.79 Å². The van der Waals surface area contributed by atoms with Gasteiger partial charge in [-0.15, -0.1) is 0 Å². The largest absolute Gasteiger partial charge is 0.375 e. The van der Waals surface area contributed by atoms with Crippen LogP contribution in [-0.4, -0.2) is 60.6 Å². The fourth-order valence-corrected chi connectivity index (χ4v) is 2.57. The second kappa shape index (κ2) is 6.71. The van der Waals surface area contributed by atoms with Gasteiger partial charge < -0.3 is 9.64 Å². The molecule has 19 heavy (non-hydrogen) atoms. The van der Waals surface area contributed by atoms with Gasteiger partial charge >= 0.3 is 0 Å². The minimum atomic E-state index is 0.183. The van der Waals surface area contributed by atoms with Crippen LogP contribution in [0.1, 0.15) is 40.0 Å². The fourth-order valence-electron chi connectivity index (χ4n) is 2.57. The Bertz CT molecular complexity index is 303. The second-order valence-corrected chi connectivity index (χ2v) is 6.41. The Kier molecular flexibility index (Phi) is 5.22. The molecule has 2 rings (SSSR count). The Balaban J connectivity index is 1.80. The third-order valence-corrected chi connectivity index (χ3v) is 3.99. The number of carbonyl (C=O) groups is 1. The molecular weight excluding hydrogens is 240 g/mol. The summed E-state index contributed by atoms with van der Waals surface area (Å²) >= 11 is 0. The number of rotatable bonds is 6. The highest BCUT2D eigenvalue weighted by Gasteiger charge is 2.31. The third-order valence-electron chi connectivity index (χ3n) is 3.99. The van der Waals surface area contributed by atoms with Crippen molar-refractivity contribution in [3.05, 3.63) is 0 Å². The smallest absolute Gasteiger partial charge is 0.236 e. The van der Waals surface area contributed by atoms with Crippen molar-refractivity contribution in [2.75, 3.05) is 32.8 Å². The first kappa shape index (κ1) is 14.8. The number of nitrogens with zero attached hydrogens (tertiary/aromatic N) is 2. The number of morpholine rings is 1. The average molecular weight is 268 g/mol. The molecule has 1 heterocycles. The van der Waals surface area contributed by atoms with Crippen LogP contribution in [0.5, 0.6) is 0 Å². The third kappa shape index (κ3) is 4.77. The van der Waals surface area contributed by atoms with E-state index in [0.717, 1.165) is 19.6 Å². The number of hydrogen-bond acceptors (Lipinski definition) is 3. The second-order valence-electron chi connectivity index (χ2n) is 6.41. The molecule has 4 nitrogen and oxygen atoms in total. The molecule has 0 N–H and O–H groups in total. The van der Waals surface area contributed by atoms with E-state index >= 15 is 0 Å². The number of amides is 1. The van der Waals surface area contributed by atoms with Gasteiger partial charge in [0.2, 0.25) is 5.91 Å². The van der Waals surface area contributed by atoms with Crippen LogP contribution >= 0.6 is 0 Å². The molecule has 2 fully saturated rings. The maximum Gasteiger partial charge on any atom is 0.236 e. The summed E-state index contributed by atoms with van der Waals surface area (Å²) in [4.78, 5) is 16.7. The summed E-state index contributed by atoms with van der Waals surface area (Å²) in [6.07, 6.45) is 3.90. The molecule has 1 atom stereocenters. The summed E-state index contributed by atoms with van der Waals surface area (Å²) in [6.45, 7) is 10.4. The van der Waals surface area contributed by atoms with Crippen LogP contribution in [0, 0.1) is 5.92 Å². The zero-order valence-corrected chi connectivity index (χ0v) is 12.6. The molecule has 1 amide bonds. The molecule has 0 unspecified atom stereocenters. The number of ether oxygens (including phenoxy) is 1. The summed E-state index contributed by atoms with van der Waals surface area (Å²) in [7, 11) is 0. The van der Waals surface area contributed by atoms with Gasteiger partial charge in [0.25, 0.3) is 0 Å². The first-order valence-corrected chi connectivity index (χ1v) is 7.69. The predicted octanol–water partition coefficient (Wildman–Crippen LogP) is 1.74. The van der Waals surface area contributed by atoms with Gasteiger partial charge in [0.15, 0.2) is 0 Å². The van der Waals surface area contributed by atoms with Gasteiger partial charge in [-0.3, -0.25) is 9.69 Å². The average Bonchev–Trinajstić information content (AvgIpc) is 3.18. The molecule has 0 aromatic carbocycles. The Hall–Kier alpha value is -0.610. The molecular formula is C15H28N2O2. The van der Waals surface area contributed by atoms with Crippen LogP contribution in [0.25, 0.3) is 0 Å². The van der Waals surface area contributed by atoms with Gasteiger partial charge in [-0.05, 0) is 38.6 Å². The van der Waals surface area contributed by atoms with Crippen LogP contribution in [0.4, 0.5) is 0 Å². The lowest BCUT2D eigenvalue weighted by Crippen LogP contribution is -2.48. The molecule has 0 bridgehead atoms. The van der Waals surface area contributed by atoms with E-state index in [0.29, 0.717) is 25.1 Å². The topological polar surface area (TPSA) is 32.8 Å². The van der Waals surface area contributed by atoms with Crippen molar-refractivity contribution in [2.24, 2.45) is 5.92 Å². The SMILES string of the molecule is CC(C)CCN(CC(=O)N1CCO[C@@H](C)C1)C1CC1. The highest BCUT2D eigenvalue weighted by atomic mass is 16.5. The summed E-state index contributed by atoms with van der Waals surface area (Å²) in [5, 5.41) is 0. The molecule has 4 heteroatoms. The van der Waals surface area contributed by atoms with Crippen LogP contribution in [0.15, 0.2) is 0 Å². The van der Waals surface area contributed by atoms with Gasteiger partial charge in [-0.1, -0.05) is 13.8 Å². The lowest BCUT2D eigenvalue weighted by molar-refractivity contribution is -0.139. The van der Waals surface area contributed by atoms with Crippen LogP contribution < -0.4 is 0 Å². The van der Waals surface area contributed by atoms with Crippen molar-refractivity contribution in [1.29, 1.82) is 0 Å². The molecule has 0 radical (unpaired) electrons. The molecule has 1 aliphatic heterocycles. The van der Waals surface area contributed by atoms with Gasteiger partial charge in [-0.25, -0.2) is 0 Å². The van der Waals surface area contributed by atoms with E-state index in [4.69, 9.17) is 4.74 Å². The van der Waals surface area contributed by atoms with Crippen LogP contribution in [0.3, 0.4) is 0 Å². The molecule has 1 saturated heterocycles. The van der Waals surface area contributed by atoms with Gasteiger partial charge in [0, 0.05) is 19.1 Å². The zero-order valence-electron chi connectivity index (χ0n) is 12.6. The molecule has 2 aliphatic rings. The van der Waals surface area contributed by atoms with E-state index in [2.05, 4.69) is 18.7 Å². The van der Waals surface area contributed by atoms with Crippen LogP contribution in [-0.2, 0) is 9.53 Å². The Morgan fingerprint density at radius 1 is 1.42 bits per heavy atom. The quantitative estimate of drug-likeness (QED) is 0.735. The molecule has 1 aliphatic carbocycles. The Morgan fingerprint density at radius 2 is 2.16 bits per heavy atom. The maximum absolute atomic E-state index is 12.4. The molecule has 0 aromatic rings. The molecule has 1 saturated carbocycles. The van der Waals surface area contributed by atoms with E-state index in [1.807, 2.05) is 11.8 Å². The lowest BCUT2D eigenvalue weighted by atomic mass is 10.1. The normalized spacial score (nSPS) is 24.3. The van der Waals surface area contributed by atoms with Crippen molar-refractivity contribution in [3.63, 3.8) is 0 Å². The lowest BCUT2D eigenvalue weighted by Gasteiger charge is -2.33. The summed E-state index contributed by atoms with van der Waals surface area (Å²) in [6, 6.07) is 0.668. The van der Waals surface area contributed by atoms with Crippen molar-refractivity contribution in [2.45, 2.75) is 52.2 Å². The summed E-state index contributed by atoms with van der Waals surface area (Å²) in [5.74, 6) is 0.991. The van der Waals surface area contributed by atoms with E-state index in [-0.39, 0.29) is 12.0 Å². The first-order valence-electron chi connectivity index (χ1n) is 7.69. The van der Waals surface area contributed by atoms with Gasteiger partial charge in [0.1, 0.15) is 0 Å².